The lowest BCUT2D eigenvalue weighted by Gasteiger charge is -2.13. The number of nitrogens with zero attached hydrogens (tertiary/aromatic N) is 2. The van der Waals surface area contributed by atoms with Crippen molar-refractivity contribution in [1.82, 2.24) is 4.98 Å². The number of pyridine rings is 1. The van der Waals surface area contributed by atoms with Gasteiger partial charge in [-0.3, -0.25) is 14.6 Å². The molecule has 88 valence electrons. The number of imide groups is 1. The molecule has 1 aliphatic heterocycles. The second kappa shape index (κ2) is 3.77. The van der Waals surface area contributed by atoms with E-state index in [4.69, 9.17) is 0 Å². The van der Waals surface area contributed by atoms with Crippen LogP contribution >= 0.6 is 0 Å². The highest BCUT2D eigenvalue weighted by molar-refractivity contribution is 6.34. The lowest BCUT2D eigenvalue weighted by molar-refractivity contribution is 0.0926. The molecule has 2 heterocycles. The Balaban J connectivity index is 2.09. The minimum absolute atomic E-state index is 0.291. The van der Waals surface area contributed by atoms with Crippen molar-refractivity contribution in [2.45, 2.75) is 6.92 Å². The van der Waals surface area contributed by atoms with Crippen LogP contribution in [-0.4, -0.2) is 16.8 Å². The summed E-state index contributed by atoms with van der Waals surface area (Å²) in [6.07, 6.45) is 2.95. The average molecular weight is 238 g/mol. The number of benzene rings is 1. The minimum Gasteiger partial charge on any atom is -0.268 e. The van der Waals surface area contributed by atoms with Crippen LogP contribution < -0.4 is 4.90 Å². The van der Waals surface area contributed by atoms with Gasteiger partial charge in [0.15, 0.2) is 0 Å². The van der Waals surface area contributed by atoms with E-state index in [0.717, 1.165) is 5.56 Å². The number of aryl methyl sites for hydroxylation is 1. The molecule has 0 saturated carbocycles. The van der Waals surface area contributed by atoms with E-state index in [-0.39, 0.29) is 11.8 Å². The van der Waals surface area contributed by atoms with E-state index >= 15 is 0 Å². The highest BCUT2D eigenvalue weighted by Gasteiger charge is 2.36. The zero-order chi connectivity index (χ0) is 12.7. The Morgan fingerprint density at radius 1 is 0.944 bits per heavy atom. The fourth-order valence-electron chi connectivity index (χ4n) is 2.01. The van der Waals surface area contributed by atoms with Crippen LogP contribution in [-0.2, 0) is 0 Å². The van der Waals surface area contributed by atoms with Crippen LogP contribution in [0.4, 0.5) is 5.69 Å². The fourth-order valence-corrected chi connectivity index (χ4v) is 2.01. The summed E-state index contributed by atoms with van der Waals surface area (Å²) >= 11 is 0. The third-order valence-electron chi connectivity index (χ3n) is 2.98. The van der Waals surface area contributed by atoms with Crippen LogP contribution in [0.2, 0.25) is 0 Å². The van der Waals surface area contributed by atoms with Crippen LogP contribution in [0.25, 0.3) is 0 Å². The van der Waals surface area contributed by atoms with Crippen molar-refractivity contribution in [1.29, 1.82) is 0 Å². The van der Waals surface area contributed by atoms with Crippen LogP contribution in [0.1, 0.15) is 26.3 Å². The number of amides is 2. The van der Waals surface area contributed by atoms with Crippen molar-refractivity contribution in [2.75, 3.05) is 4.90 Å². The van der Waals surface area contributed by atoms with Crippen molar-refractivity contribution >= 4 is 17.5 Å². The molecule has 2 aromatic rings. The molecule has 0 aliphatic carbocycles. The van der Waals surface area contributed by atoms with Crippen molar-refractivity contribution in [3.8, 4) is 0 Å². The van der Waals surface area contributed by atoms with Crippen molar-refractivity contribution in [2.24, 2.45) is 0 Å². The molecule has 4 heteroatoms. The van der Waals surface area contributed by atoms with Gasteiger partial charge in [-0.2, -0.15) is 0 Å². The Bertz CT molecular complexity index is 612. The van der Waals surface area contributed by atoms with Crippen molar-refractivity contribution in [3.05, 3.63) is 59.4 Å². The van der Waals surface area contributed by atoms with Crippen LogP contribution in [0.3, 0.4) is 0 Å². The molecule has 0 N–H and O–H groups in total. The molecule has 0 atom stereocenters. The predicted octanol–water partition coefficient (Wildman–Crippen LogP) is 2.19. The molecule has 0 bridgehead atoms. The van der Waals surface area contributed by atoms with Crippen molar-refractivity contribution < 1.29 is 9.59 Å². The molecule has 0 spiro atoms. The largest absolute Gasteiger partial charge is 0.268 e. The topological polar surface area (TPSA) is 50.3 Å². The minimum atomic E-state index is -0.313. The second-order valence-electron chi connectivity index (χ2n) is 4.20. The SMILES string of the molecule is Cc1ccc(N2C(=O)c3ccncc3C2=O)cc1. The number of rotatable bonds is 1. The fraction of sp³-hybridized carbons (Fsp3) is 0.0714. The maximum atomic E-state index is 12.2. The first kappa shape index (κ1) is 10.7. The van der Waals surface area contributed by atoms with Gasteiger partial charge >= 0.3 is 0 Å². The molecule has 18 heavy (non-hydrogen) atoms. The third kappa shape index (κ3) is 1.43. The molecular weight excluding hydrogens is 228 g/mol. The summed E-state index contributed by atoms with van der Waals surface area (Å²) < 4.78 is 0. The Morgan fingerprint density at radius 3 is 2.28 bits per heavy atom. The van der Waals surface area contributed by atoms with Gasteiger partial charge in [-0.25, -0.2) is 4.90 Å². The summed E-state index contributed by atoms with van der Waals surface area (Å²) in [7, 11) is 0. The van der Waals surface area contributed by atoms with E-state index < -0.39 is 0 Å². The van der Waals surface area contributed by atoms with Crippen molar-refractivity contribution in [3.63, 3.8) is 0 Å². The van der Waals surface area contributed by atoms with E-state index in [1.54, 1.807) is 18.2 Å². The maximum Gasteiger partial charge on any atom is 0.267 e. The van der Waals surface area contributed by atoms with Gasteiger partial charge in [0.05, 0.1) is 16.8 Å². The molecule has 4 nitrogen and oxygen atoms in total. The van der Waals surface area contributed by atoms with Crippen LogP contribution in [0.15, 0.2) is 42.7 Å². The quantitative estimate of drug-likeness (QED) is 0.715. The second-order valence-corrected chi connectivity index (χ2v) is 4.20. The standard InChI is InChI=1S/C14H10N2O2/c1-9-2-4-10(5-3-9)16-13(17)11-6-7-15-8-12(11)14(16)18/h2-8H,1H3. The zero-order valence-corrected chi connectivity index (χ0v) is 9.75. The van der Waals surface area contributed by atoms with Gasteiger partial charge in [0, 0.05) is 12.4 Å². The molecule has 2 amide bonds. The van der Waals surface area contributed by atoms with E-state index in [0.29, 0.717) is 16.8 Å². The number of hydrogen-bond acceptors (Lipinski definition) is 3. The lowest BCUT2D eigenvalue weighted by atomic mass is 10.2. The Morgan fingerprint density at radius 2 is 1.61 bits per heavy atom. The highest BCUT2D eigenvalue weighted by atomic mass is 16.2. The first-order valence-corrected chi connectivity index (χ1v) is 5.58. The smallest absolute Gasteiger partial charge is 0.267 e. The molecule has 1 aromatic carbocycles. The predicted molar refractivity (Wildman–Crippen MR) is 66.6 cm³/mol. The summed E-state index contributed by atoms with van der Waals surface area (Å²) in [6, 6.07) is 8.85. The van der Waals surface area contributed by atoms with Gasteiger partial charge in [0.1, 0.15) is 0 Å². The highest BCUT2D eigenvalue weighted by Crippen LogP contribution is 2.27. The van der Waals surface area contributed by atoms with E-state index in [1.165, 1.54) is 17.3 Å². The summed E-state index contributed by atoms with van der Waals surface area (Å²) in [5.41, 5.74) is 2.45. The van der Waals surface area contributed by atoms with Gasteiger partial charge in [0.2, 0.25) is 0 Å². The summed E-state index contributed by atoms with van der Waals surface area (Å²) in [4.78, 5) is 29.4. The van der Waals surface area contributed by atoms with Crippen LogP contribution in [0.5, 0.6) is 0 Å². The van der Waals surface area contributed by atoms with Gasteiger partial charge < -0.3 is 0 Å². The molecule has 1 aromatic heterocycles. The Hall–Kier alpha value is -2.49. The first-order chi connectivity index (χ1) is 8.68. The van der Waals surface area contributed by atoms with Gasteiger partial charge in [-0.05, 0) is 25.1 Å². The number of anilines is 1. The van der Waals surface area contributed by atoms with E-state index in [2.05, 4.69) is 4.98 Å². The van der Waals surface area contributed by atoms with E-state index in [1.807, 2.05) is 19.1 Å². The number of carbonyl (C=O) groups excluding carboxylic acids is 2. The number of carbonyl (C=O) groups is 2. The molecule has 0 radical (unpaired) electrons. The van der Waals surface area contributed by atoms with Gasteiger partial charge in [-0.15, -0.1) is 0 Å². The Labute approximate surface area is 104 Å². The first-order valence-electron chi connectivity index (χ1n) is 5.58. The maximum absolute atomic E-state index is 12.2. The molecule has 0 saturated heterocycles. The monoisotopic (exact) mass is 238 g/mol. The van der Waals surface area contributed by atoms with E-state index in [9.17, 15) is 9.59 Å². The normalized spacial score (nSPS) is 13.9. The zero-order valence-electron chi connectivity index (χ0n) is 9.75. The summed E-state index contributed by atoms with van der Waals surface area (Å²) in [5.74, 6) is -0.604. The molecule has 0 unspecified atom stereocenters. The summed E-state index contributed by atoms with van der Waals surface area (Å²) in [5, 5.41) is 0. The van der Waals surface area contributed by atoms with Gasteiger partial charge in [-0.1, -0.05) is 17.7 Å². The summed E-state index contributed by atoms with van der Waals surface area (Å²) in [6.45, 7) is 1.95. The molecule has 3 rings (SSSR count). The Kier molecular flexibility index (Phi) is 2.23. The molecular formula is C14H10N2O2. The number of hydrogen-bond donors (Lipinski definition) is 0. The third-order valence-corrected chi connectivity index (χ3v) is 2.98. The molecule has 1 aliphatic rings. The molecule has 0 fully saturated rings. The number of fused-ring (bicyclic) bond motifs is 1. The van der Waals surface area contributed by atoms with Gasteiger partial charge in [0.25, 0.3) is 11.8 Å². The number of aromatic nitrogens is 1. The lowest BCUT2D eigenvalue weighted by Crippen LogP contribution is -2.29. The van der Waals surface area contributed by atoms with Crippen LogP contribution in [0, 0.1) is 6.92 Å². The average Bonchev–Trinajstić information content (AvgIpc) is 2.64.